The summed E-state index contributed by atoms with van der Waals surface area (Å²) in [5, 5.41) is 6.99. The number of pyridine rings is 1. The summed E-state index contributed by atoms with van der Waals surface area (Å²) in [7, 11) is 0. The molecule has 1 amide bonds. The van der Waals surface area contributed by atoms with Gasteiger partial charge in [-0.3, -0.25) is 14.5 Å². The number of halogens is 2. The molecular weight excluding hydrogens is 399 g/mol. The van der Waals surface area contributed by atoms with E-state index in [1.807, 2.05) is 30.3 Å². The van der Waals surface area contributed by atoms with E-state index in [9.17, 15) is 9.18 Å². The van der Waals surface area contributed by atoms with Gasteiger partial charge < -0.3 is 5.32 Å². The number of allylic oxidation sites excluding steroid dienone is 1. The first-order valence-corrected chi connectivity index (χ1v) is 8.82. The summed E-state index contributed by atoms with van der Waals surface area (Å²) in [5.41, 5.74) is 2.89. The van der Waals surface area contributed by atoms with Crippen LogP contribution < -0.4 is 5.32 Å². The van der Waals surface area contributed by atoms with Crippen molar-refractivity contribution in [2.24, 2.45) is 0 Å². The van der Waals surface area contributed by atoms with Gasteiger partial charge in [0.2, 0.25) is 0 Å². The lowest BCUT2D eigenvalue weighted by Crippen LogP contribution is -2.21. The van der Waals surface area contributed by atoms with Crippen LogP contribution in [0.3, 0.4) is 0 Å². The first kappa shape index (κ1) is 16.7. The average Bonchev–Trinajstić information content (AvgIpc) is 3.27. The SMILES string of the molecule is O=C(NC1=CCc2ncc(Br)c(F)c21)c1cnn(Cc2ccccc2)c1. The highest BCUT2D eigenvalue weighted by Crippen LogP contribution is 2.30. The number of amides is 1. The second-order valence-corrected chi connectivity index (χ2v) is 6.78. The monoisotopic (exact) mass is 412 g/mol. The second-order valence-electron chi connectivity index (χ2n) is 5.93. The molecule has 0 aliphatic heterocycles. The molecule has 0 bridgehead atoms. The molecule has 1 N–H and O–H groups in total. The van der Waals surface area contributed by atoms with Crippen molar-refractivity contribution < 1.29 is 9.18 Å². The Morgan fingerprint density at radius 2 is 2.08 bits per heavy atom. The summed E-state index contributed by atoms with van der Waals surface area (Å²) in [5.74, 6) is -0.749. The fraction of sp³-hybridized carbons (Fsp3) is 0.105. The maximum Gasteiger partial charge on any atom is 0.258 e. The van der Waals surface area contributed by atoms with Gasteiger partial charge in [0.25, 0.3) is 5.91 Å². The molecule has 4 rings (SSSR count). The van der Waals surface area contributed by atoms with Crippen molar-refractivity contribution in [2.45, 2.75) is 13.0 Å². The summed E-state index contributed by atoms with van der Waals surface area (Å²) < 4.78 is 16.3. The quantitative estimate of drug-likeness (QED) is 0.712. The van der Waals surface area contributed by atoms with Gasteiger partial charge in [0, 0.05) is 24.5 Å². The maximum atomic E-state index is 14.4. The summed E-state index contributed by atoms with van der Waals surface area (Å²) in [6.45, 7) is 0.575. The number of aromatic nitrogens is 3. The Morgan fingerprint density at radius 3 is 2.88 bits per heavy atom. The zero-order chi connectivity index (χ0) is 18.1. The summed E-state index contributed by atoms with van der Waals surface area (Å²) in [6.07, 6.45) is 6.86. The molecule has 130 valence electrons. The summed E-state index contributed by atoms with van der Waals surface area (Å²) in [6, 6.07) is 9.85. The second kappa shape index (κ2) is 6.84. The van der Waals surface area contributed by atoms with Crippen LogP contribution in [0.4, 0.5) is 4.39 Å². The molecule has 0 spiro atoms. The van der Waals surface area contributed by atoms with Gasteiger partial charge in [0.05, 0.1) is 34.0 Å². The molecule has 3 aromatic rings. The number of carbonyl (C=O) groups is 1. The van der Waals surface area contributed by atoms with Crippen LogP contribution in [0.2, 0.25) is 0 Å². The third-order valence-corrected chi connectivity index (χ3v) is 4.70. The van der Waals surface area contributed by atoms with Gasteiger partial charge in [-0.1, -0.05) is 36.4 Å². The number of rotatable bonds is 4. The Morgan fingerprint density at radius 1 is 1.27 bits per heavy atom. The minimum atomic E-state index is -0.418. The average molecular weight is 413 g/mol. The Labute approximate surface area is 157 Å². The van der Waals surface area contributed by atoms with Gasteiger partial charge in [-0.05, 0) is 21.5 Å². The van der Waals surface area contributed by atoms with E-state index in [1.165, 1.54) is 12.4 Å². The molecule has 0 radical (unpaired) electrons. The lowest BCUT2D eigenvalue weighted by Gasteiger charge is -2.09. The fourth-order valence-corrected chi connectivity index (χ4v) is 3.18. The van der Waals surface area contributed by atoms with Crippen LogP contribution in [0.25, 0.3) is 5.70 Å². The molecule has 0 fully saturated rings. The van der Waals surface area contributed by atoms with Gasteiger partial charge in [0.15, 0.2) is 0 Å². The van der Waals surface area contributed by atoms with Gasteiger partial charge in [-0.25, -0.2) is 4.39 Å². The first-order chi connectivity index (χ1) is 12.6. The number of benzene rings is 1. The smallest absolute Gasteiger partial charge is 0.258 e. The zero-order valence-corrected chi connectivity index (χ0v) is 15.2. The summed E-state index contributed by atoms with van der Waals surface area (Å²) in [4.78, 5) is 16.7. The highest BCUT2D eigenvalue weighted by atomic mass is 79.9. The van der Waals surface area contributed by atoms with Crippen molar-refractivity contribution in [3.05, 3.63) is 87.7 Å². The van der Waals surface area contributed by atoms with E-state index in [0.717, 1.165) is 5.56 Å². The van der Waals surface area contributed by atoms with Gasteiger partial charge >= 0.3 is 0 Å². The molecule has 1 aliphatic carbocycles. The van der Waals surface area contributed by atoms with Gasteiger partial charge in [0.1, 0.15) is 5.82 Å². The largest absolute Gasteiger partial charge is 0.321 e. The lowest BCUT2D eigenvalue weighted by molar-refractivity contribution is 0.0973. The van der Waals surface area contributed by atoms with E-state index in [0.29, 0.717) is 35.5 Å². The van der Waals surface area contributed by atoms with Gasteiger partial charge in [-0.15, -0.1) is 0 Å². The van der Waals surface area contributed by atoms with Crippen LogP contribution in [0.15, 0.2) is 59.5 Å². The standard InChI is InChI=1S/C19H14BrFN4O/c20-14-9-22-15-6-7-16(17(15)18(14)21)24-19(26)13-8-23-25(11-13)10-12-4-2-1-3-5-12/h1-5,7-9,11H,6,10H2,(H,24,26). The normalized spacial score (nSPS) is 12.6. The molecule has 0 unspecified atom stereocenters. The predicted molar refractivity (Wildman–Crippen MR) is 98.8 cm³/mol. The number of hydrogen-bond acceptors (Lipinski definition) is 3. The molecule has 26 heavy (non-hydrogen) atoms. The third kappa shape index (κ3) is 3.17. The minimum absolute atomic E-state index is 0.272. The first-order valence-electron chi connectivity index (χ1n) is 8.03. The van der Waals surface area contributed by atoms with E-state index in [2.05, 4.69) is 31.3 Å². The van der Waals surface area contributed by atoms with E-state index in [1.54, 1.807) is 17.0 Å². The van der Waals surface area contributed by atoms with Crippen LogP contribution in [-0.4, -0.2) is 20.7 Å². The van der Waals surface area contributed by atoms with Crippen molar-refractivity contribution in [1.29, 1.82) is 0 Å². The zero-order valence-electron chi connectivity index (χ0n) is 13.6. The highest BCUT2D eigenvalue weighted by molar-refractivity contribution is 9.10. The number of hydrogen-bond donors (Lipinski definition) is 1. The fourth-order valence-electron chi connectivity index (χ4n) is 2.88. The number of nitrogens with zero attached hydrogens (tertiary/aromatic N) is 3. The topological polar surface area (TPSA) is 59.8 Å². The van der Waals surface area contributed by atoms with Crippen LogP contribution in [-0.2, 0) is 13.0 Å². The minimum Gasteiger partial charge on any atom is -0.321 e. The van der Waals surface area contributed by atoms with Crippen molar-refractivity contribution in [3.63, 3.8) is 0 Å². The molecule has 0 atom stereocenters. The molecule has 1 aliphatic rings. The molecule has 0 saturated carbocycles. The molecular formula is C19H14BrFN4O. The van der Waals surface area contributed by atoms with Crippen molar-refractivity contribution in [2.75, 3.05) is 0 Å². The summed E-state index contributed by atoms with van der Waals surface area (Å²) >= 11 is 3.13. The lowest BCUT2D eigenvalue weighted by atomic mass is 10.2. The van der Waals surface area contributed by atoms with E-state index < -0.39 is 5.82 Å². The third-order valence-electron chi connectivity index (χ3n) is 4.15. The Hall–Kier alpha value is -2.80. The molecule has 1 aromatic carbocycles. The molecule has 2 heterocycles. The highest BCUT2D eigenvalue weighted by Gasteiger charge is 2.23. The van der Waals surface area contributed by atoms with Crippen molar-refractivity contribution in [1.82, 2.24) is 20.1 Å². The molecule has 2 aromatic heterocycles. The van der Waals surface area contributed by atoms with Crippen LogP contribution >= 0.6 is 15.9 Å². The maximum absolute atomic E-state index is 14.4. The Bertz CT molecular complexity index is 1010. The van der Waals surface area contributed by atoms with Gasteiger partial charge in [-0.2, -0.15) is 5.10 Å². The van der Waals surface area contributed by atoms with Crippen molar-refractivity contribution in [3.8, 4) is 0 Å². The van der Waals surface area contributed by atoms with Crippen molar-refractivity contribution >= 4 is 27.5 Å². The predicted octanol–water partition coefficient (Wildman–Crippen LogP) is 3.56. The number of nitrogens with one attached hydrogen (secondary N) is 1. The molecule has 7 heteroatoms. The van der Waals surface area contributed by atoms with Crippen LogP contribution in [0.5, 0.6) is 0 Å². The Balaban J connectivity index is 1.50. The Kier molecular flexibility index (Phi) is 4.38. The van der Waals surface area contributed by atoms with Crippen LogP contribution in [0, 0.1) is 5.82 Å². The van der Waals surface area contributed by atoms with E-state index in [4.69, 9.17) is 0 Å². The van der Waals surface area contributed by atoms with E-state index >= 15 is 0 Å². The molecule has 5 nitrogen and oxygen atoms in total. The molecule has 0 saturated heterocycles. The number of carbonyl (C=O) groups excluding carboxylic acids is 1. The van der Waals surface area contributed by atoms with Crippen LogP contribution in [0.1, 0.15) is 27.2 Å². The van der Waals surface area contributed by atoms with E-state index in [-0.39, 0.29) is 10.4 Å². The number of fused-ring (bicyclic) bond motifs is 1.